The van der Waals surface area contributed by atoms with Crippen LogP contribution in [-0.2, 0) is 4.79 Å². The van der Waals surface area contributed by atoms with Crippen molar-refractivity contribution in [3.05, 3.63) is 34.3 Å². The first-order valence-corrected chi connectivity index (χ1v) is 7.18. The Hall–Kier alpha value is -0.870. The van der Waals surface area contributed by atoms with Gasteiger partial charge in [-0.25, -0.2) is 0 Å². The van der Waals surface area contributed by atoms with Crippen molar-refractivity contribution in [3.63, 3.8) is 0 Å². The van der Waals surface area contributed by atoms with E-state index >= 15 is 0 Å². The van der Waals surface area contributed by atoms with Crippen LogP contribution in [0.2, 0.25) is 0 Å². The van der Waals surface area contributed by atoms with Gasteiger partial charge in [0.15, 0.2) is 0 Å². The van der Waals surface area contributed by atoms with Crippen molar-refractivity contribution < 1.29 is 4.79 Å². The van der Waals surface area contributed by atoms with Crippen LogP contribution in [0.5, 0.6) is 0 Å². The van der Waals surface area contributed by atoms with Crippen molar-refractivity contribution in [2.45, 2.75) is 44.8 Å². The molecule has 0 spiro atoms. The molecule has 1 aliphatic carbocycles. The molecule has 0 heterocycles. The van der Waals surface area contributed by atoms with Crippen LogP contribution in [0, 0.1) is 0 Å². The lowest BCUT2D eigenvalue weighted by Gasteiger charge is -2.20. The summed E-state index contributed by atoms with van der Waals surface area (Å²) in [6.07, 6.45) is 2.25. The number of rotatable bonds is 5. The van der Waals surface area contributed by atoms with Gasteiger partial charge in [0, 0.05) is 16.6 Å². The molecule has 4 heteroatoms. The van der Waals surface area contributed by atoms with E-state index < -0.39 is 0 Å². The van der Waals surface area contributed by atoms with Gasteiger partial charge in [0.1, 0.15) is 0 Å². The number of hydrogen-bond acceptors (Lipinski definition) is 2. The molecule has 0 radical (unpaired) electrons. The van der Waals surface area contributed by atoms with Gasteiger partial charge in [-0.1, -0.05) is 34.1 Å². The van der Waals surface area contributed by atoms with Crippen LogP contribution in [0.4, 0.5) is 0 Å². The van der Waals surface area contributed by atoms with Crippen molar-refractivity contribution in [3.8, 4) is 0 Å². The lowest BCUT2D eigenvalue weighted by atomic mass is 10.1. The maximum atomic E-state index is 11.9. The molecular formula is C14H19BrN2O. The maximum Gasteiger partial charge on any atom is 0.237 e. The summed E-state index contributed by atoms with van der Waals surface area (Å²) >= 11 is 3.53. The van der Waals surface area contributed by atoms with E-state index in [1.165, 1.54) is 5.56 Å². The minimum absolute atomic E-state index is 0.0939. The zero-order chi connectivity index (χ0) is 13.1. The first-order chi connectivity index (χ1) is 8.58. The molecule has 1 aromatic carbocycles. The highest BCUT2D eigenvalue weighted by Gasteiger charge is 2.26. The molecule has 2 atom stereocenters. The van der Waals surface area contributed by atoms with E-state index in [-0.39, 0.29) is 18.0 Å². The second-order valence-electron chi connectivity index (χ2n) is 4.91. The van der Waals surface area contributed by atoms with Gasteiger partial charge in [-0.05, 0) is 38.3 Å². The van der Waals surface area contributed by atoms with Gasteiger partial charge in [-0.2, -0.15) is 0 Å². The van der Waals surface area contributed by atoms with Crippen LogP contribution in [0.3, 0.4) is 0 Å². The predicted molar refractivity (Wildman–Crippen MR) is 76.3 cm³/mol. The Morgan fingerprint density at radius 1 is 1.33 bits per heavy atom. The number of amides is 1. The average Bonchev–Trinajstić information content (AvgIpc) is 3.13. The summed E-state index contributed by atoms with van der Waals surface area (Å²) in [5.74, 6) is 0.0939. The van der Waals surface area contributed by atoms with E-state index in [1.54, 1.807) is 0 Å². The summed E-state index contributed by atoms with van der Waals surface area (Å²) in [4.78, 5) is 11.9. The second-order valence-corrected chi connectivity index (χ2v) is 5.77. The number of benzene rings is 1. The van der Waals surface area contributed by atoms with Crippen LogP contribution in [0.25, 0.3) is 0 Å². The summed E-state index contributed by atoms with van der Waals surface area (Å²) < 4.78 is 1.07. The molecule has 3 nitrogen and oxygen atoms in total. The van der Waals surface area contributed by atoms with Crippen LogP contribution in [-0.4, -0.2) is 18.0 Å². The van der Waals surface area contributed by atoms with Crippen molar-refractivity contribution in [1.29, 1.82) is 0 Å². The Morgan fingerprint density at radius 3 is 2.61 bits per heavy atom. The molecular weight excluding hydrogens is 292 g/mol. The van der Waals surface area contributed by atoms with E-state index in [0.29, 0.717) is 6.04 Å². The van der Waals surface area contributed by atoms with Gasteiger partial charge in [0.2, 0.25) is 5.91 Å². The van der Waals surface area contributed by atoms with Gasteiger partial charge >= 0.3 is 0 Å². The highest BCUT2D eigenvalue weighted by molar-refractivity contribution is 9.10. The predicted octanol–water partition coefficient (Wildman–Crippen LogP) is 2.77. The normalized spacial score (nSPS) is 18.2. The molecule has 2 N–H and O–H groups in total. The second kappa shape index (κ2) is 5.85. The quantitative estimate of drug-likeness (QED) is 0.878. The first-order valence-electron chi connectivity index (χ1n) is 6.39. The van der Waals surface area contributed by atoms with Crippen LogP contribution >= 0.6 is 15.9 Å². The van der Waals surface area contributed by atoms with E-state index in [9.17, 15) is 4.79 Å². The van der Waals surface area contributed by atoms with Gasteiger partial charge in [-0.15, -0.1) is 0 Å². The number of carbonyl (C=O) groups excluding carboxylic acids is 1. The maximum absolute atomic E-state index is 11.9. The molecule has 1 fully saturated rings. The third-order valence-corrected chi connectivity index (χ3v) is 3.91. The summed E-state index contributed by atoms with van der Waals surface area (Å²) in [5, 5.41) is 6.34. The average molecular weight is 311 g/mol. The Bertz CT molecular complexity index is 432. The molecule has 98 valence electrons. The first kappa shape index (κ1) is 13.6. The topological polar surface area (TPSA) is 41.1 Å². The molecule has 1 aromatic rings. The molecule has 0 aromatic heterocycles. The fourth-order valence-corrected chi connectivity index (χ4v) is 2.55. The highest BCUT2D eigenvalue weighted by Crippen LogP contribution is 2.23. The molecule has 1 aliphatic rings. The number of hydrogen-bond donors (Lipinski definition) is 2. The molecule has 0 bridgehead atoms. The Kier molecular flexibility index (Phi) is 4.40. The standard InChI is InChI=1S/C14H19BrN2O/c1-9(12-5-3-4-6-13(12)15)16-10(2)14(18)17-11-7-8-11/h3-6,9-11,16H,7-8H2,1-2H3,(H,17,18). The SMILES string of the molecule is CC(NC(C)c1ccccc1Br)C(=O)NC1CC1. The highest BCUT2D eigenvalue weighted by atomic mass is 79.9. The van der Waals surface area contributed by atoms with E-state index in [0.717, 1.165) is 17.3 Å². The largest absolute Gasteiger partial charge is 0.352 e. The van der Waals surface area contributed by atoms with E-state index in [1.807, 2.05) is 25.1 Å². The minimum atomic E-state index is -0.173. The minimum Gasteiger partial charge on any atom is -0.352 e. The lowest BCUT2D eigenvalue weighted by Crippen LogP contribution is -2.43. The molecule has 2 rings (SSSR count). The van der Waals surface area contributed by atoms with E-state index in [4.69, 9.17) is 0 Å². The van der Waals surface area contributed by atoms with Crippen molar-refractivity contribution in [1.82, 2.24) is 10.6 Å². The van der Waals surface area contributed by atoms with Gasteiger partial charge < -0.3 is 5.32 Å². The molecule has 18 heavy (non-hydrogen) atoms. The van der Waals surface area contributed by atoms with Gasteiger partial charge in [0.25, 0.3) is 0 Å². The molecule has 0 saturated heterocycles. The number of halogens is 1. The lowest BCUT2D eigenvalue weighted by molar-refractivity contribution is -0.123. The van der Waals surface area contributed by atoms with Crippen LogP contribution in [0.1, 0.15) is 38.3 Å². The summed E-state index contributed by atoms with van der Waals surface area (Å²) in [6.45, 7) is 3.98. The third kappa shape index (κ3) is 3.56. The Labute approximate surface area is 116 Å². The zero-order valence-electron chi connectivity index (χ0n) is 10.7. The fraction of sp³-hybridized carbons (Fsp3) is 0.500. The number of nitrogens with one attached hydrogen (secondary N) is 2. The van der Waals surface area contributed by atoms with Crippen molar-refractivity contribution >= 4 is 21.8 Å². The molecule has 2 unspecified atom stereocenters. The Morgan fingerprint density at radius 2 is 2.00 bits per heavy atom. The smallest absolute Gasteiger partial charge is 0.237 e. The van der Waals surface area contributed by atoms with Gasteiger partial charge in [-0.3, -0.25) is 10.1 Å². The molecule has 1 amide bonds. The number of carbonyl (C=O) groups is 1. The summed E-state index contributed by atoms with van der Waals surface area (Å²) in [6, 6.07) is 8.46. The molecule has 0 aliphatic heterocycles. The summed E-state index contributed by atoms with van der Waals surface area (Å²) in [5.41, 5.74) is 1.17. The third-order valence-electron chi connectivity index (χ3n) is 3.19. The van der Waals surface area contributed by atoms with Crippen LogP contribution in [0.15, 0.2) is 28.7 Å². The van der Waals surface area contributed by atoms with Crippen molar-refractivity contribution in [2.75, 3.05) is 0 Å². The summed E-state index contributed by atoms with van der Waals surface area (Å²) in [7, 11) is 0. The van der Waals surface area contributed by atoms with Crippen LogP contribution < -0.4 is 10.6 Å². The molecule has 1 saturated carbocycles. The zero-order valence-corrected chi connectivity index (χ0v) is 12.3. The van der Waals surface area contributed by atoms with Gasteiger partial charge in [0.05, 0.1) is 6.04 Å². The monoisotopic (exact) mass is 310 g/mol. The fourth-order valence-electron chi connectivity index (χ4n) is 1.92. The van der Waals surface area contributed by atoms with Crippen molar-refractivity contribution in [2.24, 2.45) is 0 Å². The Balaban J connectivity index is 1.91. The van der Waals surface area contributed by atoms with E-state index in [2.05, 4.69) is 39.6 Å².